The molecule has 22 heavy (non-hydrogen) atoms. The van der Waals surface area contributed by atoms with E-state index in [0.717, 1.165) is 16.7 Å². The van der Waals surface area contributed by atoms with Crippen LogP contribution in [0.5, 0.6) is 0 Å². The van der Waals surface area contributed by atoms with Gasteiger partial charge in [-0.05, 0) is 12.1 Å². The molecule has 1 aliphatic rings. The van der Waals surface area contributed by atoms with Crippen molar-refractivity contribution in [1.82, 2.24) is 4.90 Å². The van der Waals surface area contributed by atoms with Crippen molar-refractivity contribution in [3.8, 4) is 0 Å². The summed E-state index contributed by atoms with van der Waals surface area (Å²) in [6.45, 7) is 0.796. The molecule has 0 radical (unpaired) electrons. The maximum Gasteiger partial charge on any atom is 0.334 e. The van der Waals surface area contributed by atoms with E-state index in [4.69, 9.17) is 14.3 Å². The average Bonchev–Trinajstić information content (AvgIpc) is 2.95. The minimum atomic E-state index is -1.03. The van der Waals surface area contributed by atoms with Crippen LogP contribution in [0.25, 0.3) is 11.0 Å². The van der Waals surface area contributed by atoms with Crippen molar-refractivity contribution >= 4 is 22.8 Å². The molecule has 2 heterocycles. The van der Waals surface area contributed by atoms with Crippen LogP contribution in [-0.4, -0.2) is 47.7 Å². The summed E-state index contributed by atoms with van der Waals surface area (Å²) in [7, 11) is 0. The summed E-state index contributed by atoms with van der Waals surface area (Å²) in [6.07, 6.45) is -0.127. The third-order valence-corrected chi connectivity index (χ3v) is 3.76. The number of para-hydroxylation sites is 1. The van der Waals surface area contributed by atoms with Crippen molar-refractivity contribution in [1.29, 1.82) is 0 Å². The van der Waals surface area contributed by atoms with Crippen molar-refractivity contribution in [2.45, 2.75) is 18.9 Å². The lowest BCUT2D eigenvalue weighted by molar-refractivity contribution is -0.159. The number of carboxylic acid groups (broad SMARTS) is 1. The lowest BCUT2D eigenvalue weighted by Crippen LogP contribution is -2.48. The van der Waals surface area contributed by atoms with Gasteiger partial charge in [-0.1, -0.05) is 18.2 Å². The van der Waals surface area contributed by atoms with E-state index in [0.29, 0.717) is 19.4 Å². The summed E-state index contributed by atoms with van der Waals surface area (Å²) in [6, 6.07) is 9.62. The van der Waals surface area contributed by atoms with Crippen molar-refractivity contribution < 1.29 is 23.8 Å². The van der Waals surface area contributed by atoms with Gasteiger partial charge in [-0.25, -0.2) is 4.79 Å². The van der Waals surface area contributed by atoms with Gasteiger partial charge < -0.3 is 19.2 Å². The SMILES string of the molecule is O=C(O)[C@H]1CN(C(=O)CCc2cc3ccccc3o2)CCO1. The van der Waals surface area contributed by atoms with Gasteiger partial charge in [0.1, 0.15) is 11.3 Å². The Hall–Kier alpha value is -2.34. The Balaban J connectivity index is 1.58. The number of furan rings is 1. The van der Waals surface area contributed by atoms with Crippen molar-refractivity contribution in [2.75, 3.05) is 19.7 Å². The highest BCUT2D eigenvalue weighted by molar-refractivity contribution is 5.80. The van der Waals surface area contributed by atoms with E-state index >= 15 is 0 Å². The van der Waals surface area contributed by atoms with Crippen LogP contribution < -0.4 is 0 Å². The second kappa shape index (κ2) is 6.19. The molecule has 1 aromatic heterocycles. The molecule has 1 aliphatic heterocycles. The molecule has 1 fully saturated rings. The summed E-state index contributed by atoms with van der Waals surface area (Å²) < 4.78 is 10.8. The molecule has 1 atom stereocenters. The molecular formula is C16H17NO5. The maximum atomic E-state index is 12.2. The highest BCUT2D eigenvalue weighted by atomic mass is 16.5. The molecule has 0 spiro atoms. The zero-order chi connectivity index (χ0) is 15.5. The van der Waals surface area contributed by atoms with E-state index in [9.17, 15) is 9.59 Å². The summed E-state index contributed by atoms with van der Waals surface area (Å²) >= 11 is 0. The van der Waals surface area contributed by atoms with Crippen LogP contribution in [0, 0.1) is 0 Å². The van der Waals surface area contributed by atoms with E-state index in [2.05, 4.69) is 0 Å². The number of amides is 1. The Morgan fingerprint density at radius 2 is 2.14 bits per heavy atom. The summed E-state index contributed by atoms with van der Waals surface area (Å²) in [5, 5.41) is 9.96. The first-order chi connectivity index (χ1) is 10.6. The van der Waals surface area contributed by atoms with E-state index in [1.807, 2.05) is 30.3 Å². The number of carbonyl (C=O) groups is 2. The molecule has 6 nitrogen and oxygen atoms in total. The fourth-order valence-electron chi connectivity index (χ4n) is 2.57. The average molecular weight is 303 g/mol. The molecule has 1 saturated heterocycles. The molecule has 116 valence electrons. The summed E-state index contributed by atoms with van der Waals surface area (Å²) in [5.74, 6) is -0.345. The number of carbonyl (C=O) groups excluding carboxylic acids is 1. The van der Waals surface area contributed by atoms with Gasteiger partial charge in [0, 0.05) is 24.8 Å². The first kappa shape index (κ1) is 14.6. The molecule has 1 N–H and O–H groups in total. The number of ether oxygens (including phenoxy) is 1. The van der Waals surface area contributed by atoms with Gasteiger partial charge in [0.05, 0.1) is 13.2 Å². The first-order valence-electron chi connectivity index (χ1n) is 7.23. The van der Waals surface area contributed by atoms with Crippen molar-refractivity contribution in [3.05, 3.63) is 36.1 Å². The number of rotatable bonds is 4. The number of aryl methyl sites for hydroxylation is 1. The second-order valence-electron chi connectivity index (χ2n) is 5.29. The summed E-state index contributed by atoms with van der Waals surface area (Å²) in [4.78, 5) is 24.7. The number of morpholine rings is 1. The molecule has 0 aliphatic carbocycles. The van der Waals surface area contributed by atoms with Crippen LogP contribution in [-0.2, 0) is 20.7 Å². The standard InChI is InChI=1S/C16H17NO5/c18-15(17-7-8-21-14(10-17)16(19)20)6-5-12-9-11-3-1-2-4-13(11)22-12/h1-4,9,14H,5-8,10H2,(H,19,20)/t14-/m1/s1. The largest absolute Gasteiger partial charge is 0.479 e. The van der Waals surface area contributed by atoms with Gasteiger partial charge in [-0.15, -0.1) is 0 Å². The van der Waals surface area contributed by atoms with Crippen LogP contribution in [0.15, 0.2) is 34.7 Å². The fraction of sp³-hybridized carbons (Fsp3) is 0.375. The number of fused-ring (bicyclic) bond motifs is 1. The molecule has 0 bridgehead atoms. The highest BCUT2D eigenvalue weighted by Crippen LogP contribution is 2.20. The number of hydrogen-bond acceptors (Lipinski definition) is 4. The van der Waals surface area contributed by atoms with Gasteiger partial charge in [0.15, 0.2) is 6.10 Å². The van der Waals surface area contributed by atoms with Gasteiger partial charge in [0.2, 0.25) is 5.91 Å². The van der Waals surface area contributed by atoms with Crippen LogP contribution in [0.1, 0.15) is 12.2 Å². The zero-order valence-corrected chi connectivity index (χ0v) is 12.0. The molecular weight excluding hydrogens is 286 g/mol. The predicted molar refractivity (Wildman–Crippen MR) is 78.5 cm³/mol. The summed E-state index contributed by atoms with van der Waals surface area (Å²) in [5.41, 5.74) is 0.808. The lowest BCUT2D eigenvalue weighted by Gasteiger charge is -2.30. The number of benzene rings is 1. The van der Waals surface area contributed by atoms with E-state index in [-0.39, 0.29) is 19.1 Å². The van der Waals surface area contributed by atoms with E-state index in [1.165, 1.54) is 0 Å². The minimum absolute atomic E-state index is 0.0741. The first-order valence-corrected chi connectivity index (χ1v) is 7.23. The Labute approximate surface area is 127 Å². The lowest BCUT2D eigenvalue weighted by atomic mass is 10.2. The normalized spacial score (nSPS) is 18.5. The van der Waals surface area contributed by atoms with Crippen LogP contribution in [0.3, 0.4) is 0 Å². The Kier molecular flexibility index (Phi) is 4.11. The maximum absolute atomic E-state index is 12.2. The molecule has 2 aromatic rings. The second-order valence-corrected chi connectivity index (χ2v) is 5.29. The van der Waals surface area contributed by atoms with Gasteiger partial charge >= 0.3 is 5.97 Å². The van der Waals surface area contributed by atoms with Crippen molar-refractivity contribution in [2.24, 2.45) is 0 Å². The van der Waals surface area contributed by atoms with Crippen molar-refractivity contribution in [3.63, 3.8) is 0 Å². The monoisotopic (exact) mass is 303 g/mol. The number of carboxylic acids is 1. The third kappa shape index (κ3) is 3.12. The number of aliphatic carboxylic acids is 1. The molecule has 3 rings (SSSR count). The van der Waals surface area contributed by atoms with E-state index in [1.54, 1.807) is 4.90 Å². The minimum Gasteiger partial charge on any atom is -0.479 e. The van der Waals surface area contributed by atoms with Crippen LogP contribution in [0.2, 0.25) is 0 Å². The Morgan fingerprint density at radius 3 is 2.91 bits per heavy atom. The van der Waals surface area contributed by atoms with Gasteiger partial charge in [0.25, 0.3) is 0 Å². The molecule has 0 saturated carbocycles. The topological polar surface area (TPSA) is 80.0 Å². The number of nitrogens with zero attached hydrogens (tertiary/aromatic N) is 1. The van der Waals surface area contributed by atoms with Gasteiger partial charge in [-0.3, -0.25) is 4.79 Å². The quantitative estimate of drug-likeness (QED) is 0.929. The predicted octanol–water partition coefficient (Wildman–Crippen LogP) is 1.68. The molecule has 6 heteroatoms. The van der Waals surface area contributed by atoms with Gasteiger partial charge in [-0.2, -0.15) is 0 Å². The molecule has 1 aromatic carbocycles. The van der Waals surface area contributed by atoms with Crippen LogP contribution in [0.4, 0.5) is 0 Å². The third-order valence-electron chi connectivity index (χ3n) is 3.76. The fourth-order valence-corrected chi connectivity index (χ4v) is 2.57. The van der Waals surface area contributed by atoms with Crippen LogP contribution >= 0.6 is 0 Å². The smallest absolute Gasteiger partial charge is 0.334 e. The Bertz CT molecular complexity index is 660. The molecule has 0 unspecified atom stereocenters. The number of hydrogen-bond donors (Lipinski definition) is 1. The molecule has 1 amide bonds. The van der Waals surface area contributed by atoms with E-state index < -0.39 is 12.1 Å². The zero-order valence-electron chi connectivity index (χ0n) is 12.0. The highest BCUT2D eigenvalue weighted by Gasteiger charge is 2.28. The Morgan fingerprint density at radius 1 is 1.32 bits per heavy atom.